The van der Waals surface area contributed by atoms with Gasteiger partial charge in [-0.05, 0) is 30.2 Å². The smallest absolute Gasteiger partial charge is 0.364 e. The van der Waals surface area contributed by atoms with Crippen molar-refractivity contribution in [1.82, 2.24) is 0 Å². The van der Waals surface area contributed by atoms with E-state index in [2.05, 4.69) is 15.9 Å². The van der Waals surface area contributed by atoms with E-state index < -0.39 is 11.8 Å². The van der Waals surface area contributed by atoms with Gasteiger partial charge in [-0.15, -0.1) is 0 Å². The number of halogens is 2. The molecule has 0 aliphatic rings. The van der Waals surface area contributed by atoms with Crippen LogP contribution in [0.4, 0.5) is 4.39 Å². The molecule has 0 radical (unpaired) electrons. The zero-order valence-corrected chi connectivity index (χ0v) is 9.01. The molecule has 4 heteroatoms. The SMILES string of the molecule is Cc1ccc(/C=C(/F)C(=O)O)c(Br)c1. The van der Waals surface area contributed by atoms with E-state index in [9.17, 15) is 9.18 Å². The van der Waals surface area contributed by atoms with Crippen molar-refractivity contribution in [3.05, 3.63) is 39.6 Å². The van der Waals surface area contributed by atoms with Gasteiger partial charge in [-0.1, -0.05) is 28.1 Å². The van der Waals surface area contributed by atoms with Crippen LogP contribution in [0.3, 0.4) is 0 Å². The van der Waals surface area contributed by atoms with E-state index >= 15 is 0 Å². The molecule has 0 aliphatic heterocycles. The van der Waals surface area contributed by atoms with Crippen molar-refractivity contribution in [2.45, 2.75) is 6.92 Å². The molecule has 0 amide bonds. The Balaban J connectivity index is 3.09. The fourth-order valence-electron chi connectivity index (χ4n) is 0.947. The third kappa shape index (κ3) is 2.67. The van der Waals surface area contributed by atoms with E-state index in [1.807, 2.05) is 6.92 Å². The van der Waals surface area contributed by atoms with Crippen LogP contribution in [0, 0.1) is 6.92 Å². The van der Waals surface area contributed by atoms with E-state index in [0.717, 1.165) is 11.6 Å². The van der Waals surface area contributed by atoms with Crippen LogP contribution in [-0.4, -0.2) is 11.1 Å². The van der Waals surface area contributed by atoms with Crippen molar-refractivity contribution in [3.8, 4) is 0 Å². The van der Waals surface area contributed by atoms with Gasteiger partial charge < -0.3 is 5.11 Å². The number of hydrogen-bond donors (Lipinski definition) is 1. The normalized spacial score (nSPS) is 11.5. The van der Waals surface area contributed by atoms with Crippen LogP contribution >= 0.6 is 15.9 Å². The molecule has 0 aliphatic carbocycles. The molecule has 2 nitrogen and oxygen atoms in total. The molecule has 0 unspecified atom stereocenters. The molecule has 0 saturated carbocycles. The summed E-state index contributed by atoms with van der Waals surface area (Å²) in [5.41, 5.74) is 1.53. The molecule has 14 heavy (non-hydrogen) atoms. The van der Waals surface area contributed by atoms with Gasteiger partial charge in [0.15, 0.2) is 0 Å². The van der Waals surface area contributed by atoms with E-state index in [1.165, 1.54) is 0 Å². The Hall–Kier alpha value is -1.16. The van der Waals surface area contributed by atoms with E-state index in [4.69, 9.17) is 5.11 Å². The number of hydrogen-bond acceptors (Lipinski definition) is 1. The highest BCUT2D eigenvalue weighted by atomic mass is 79.9. The summed E-state index contributed by atoms with van der Waals surface area (Å²) < 4.78 is 13.4. The van der Waals surface area contributed by atoms with E-state index in [0.29, 0.717) is 10.0 Å². The molecule has 0 aromatic heterocycles. The molecule has 0 atom stereocenters. The quantitative estimate of drug-likeness (QED) is 0.828. The van der Waals surface area contributed by atoms with Crippen LogP contribution in [0.1, 0.15) is 11.1 Å². The first-order chi connectivity index (χ1) is 6.50. The second kappa shape index (κ2) is 4.37. The number of benzene rings is 1. The first-order valence-electron chi connectivity index (χ1n) is 3.87. The monoisotopic (exact) mass is 258 g/mol. The summed E-state index contributed by atoms with van der Waals surface area (Å²) in [5, 5.41) is 8.33. The van der Waals surface area contributed by atoms with E-state index in [1.54, 1.807) is 18.2 Å². The van der Waals surface area contributed by atoms with Crippen molar-refractivity contribution in [1.29, 1.82) is 0 Å². The van der Waals surface area contributed by atoms with Gasteiger partial charge in [0.05, 0.1) is 0 Å². The molecule has 0 heterocycles. The standard InChI is InChI=1S/C10H8BrFO2/c1-6-2-3-7(8(11)4-6)5-9(12)10(13)14/h2-5H,1H3,(H,13,14)/b9-5+. The lowest BCUT2D eigenvalue weighted by Gasteiger charge is -1.99. The molecule has 1 rings (SSSR count). The Morgan fingerprint density at radius 2 is 2.21 bits per heavy atom. The Labute approximate surface area is 89.2 Å². The maximum atomic E-state index is 12.7. The zero-order chi connectivity index (χ0) is 10.7. The number of aliphatic carboxylic acids is 1. The van der Waals surface area contributed by atoms with Crippen molar-refractivity contribution < 1.29 is 14.3 Å². The summed E-state index contributed by atoms with van der Waals surface area (Å²) >= 11 is 3.22. The second-order valence-corrected chi connectivity index (χ2v) is 3.68. The van der Waals surface area contributed by atoms with Gasteiger partial charge in [0.25, 0.3) is 0 Å². The van der Waals surface area contributed by atoms with Crippen LogP contribution in [0.25, 0.3) is 6.08 Å². The Kier molecular flexibility index (Phi) is 3.41. The van der Waals surface area contributed by atoms with Crippen molar-refractivity contribution >= 4 is 28.0 Å². The lowest BCUT2D eigenvalue weighted by atomic mass is 10.1. The fraction of sp³-hybridized carbons (Fsp3) is 0.100. The first kappa shape index (κ1) is 10.9. The van der Waals surface area contributed by atoms with Gasteiger partial charge in [0, 0.05) is 4.47 Å². The Morgan fingerprint density at radius 3 is 2.71 bits per heavy atom. The van der Waals surface area contributed by atoms with Crippen LogP contribution in [0.2, 0.25) is 0 Å². The molecule has 74 valence electrons. The molecular weight excluding hydrogens is 251 g/mol. The van der Waals surface area contributed by atoms with Crippen molar-refractivity contribution in [2.75, 3.05) is 0 Å². The van der Waals surface area contributed by atoms with Crippen LogP contribution in [0.15, 0.2) is 28.5 Å². The summed E-state index contributed by atoms with van der Waals surface area (Å²) in [4.78, 5) is 10.2. The maximum absolute atomic E-state index is 12.7. The van der Waals surface area contributed by atoms with Gasteiger partial charge >= 0.3 is 5.97 Å². The molecule has 1 aromatic rings. The van der Waals surface area contributed by atoms with Gasteiger partial charge in [-0.3, -0.25) is 0 Å². The highest BCUT2D eigenvalue weighted by Crippen LogP contribution is 2.21. The number of carboxylic acid groups (broad SMARTS) is 1. The van der Waals surface area contributed by atoms with Gasteiger partial charge in [0.2, 0.25) is 5.83 Å². The molecule has 0 bridgehead atoms. The average molecular weight is 259 g/mol. The van der Waals surface area contributed by atoms with Gasteiger partial charge in [0.1, 0.15) is 0 Å². The number of carbonyl (C=O) groups is 1. The van der Waals surface area contributed by atoms with Gasteiger partial charge in [-0.2, -0.15) is 4.39 Å². The fourth-order valence-corrected chi connectivity index (χ4v) is 1.56. The predicted molar refractivity (Wildman–Crippen MR) is 55.6 cm³/mol. The minimum absolute atomic E-state index is 0.510. The van der Waals surface area contributed by atoms with Crippen LogP contribution < -0.4 is 0 Å². The Morgan fingerprint density at radius 1 is 1.57 bits per heavy atom. The van der Waals surface area contributed by atoms with Crippen LogP contribution in [-0.2, 0) is 4.79 Å². The van der Waals surface area contributed by atoms with Gasteiger partial charge in [-0.25, -0.2) is 4.79 Å². The topological polar surface area (TPSA) is 37.3 Å². The molecule has 0 spiro atoms. The molecule has 0 saturated heterocycles. The average Bonchev–Trinajstić information content (AvgIpc) is 2.09. The molecular formula is C10H8BrFO2. The minimum Gasteiger partial charge on any atom is -0.476 e. The second-order valence-electron chi connectivity index (χ2n) is 2.82. The third-order valence-corrected chi connectivity index (χ3v) is 2.33. The lowest BCUT2D eigenvalue weighted by Crippen LogP contribution is -1.94. The first-order valence-corrected chi connectivity index (χ1v) is 4.66. The largest absolute Gasteiger partial charge is 0.476 e. The zero-order valence-electron chi connectivity index (χ0n) is 7.42. The summed E-state index contributed by atoms with van der Waals surface area (Å²) in [6.45, 7) is 1.89. The summed E-state index contributed by atoms with van der Waals surface area (Å²) in [6.07, 6.45) is 0.978. The minimum atomic E-state index is -1.56. The number of rotatable bonds is 2. The summed E-state index contributed by atoms with van der Waals surface area (Å²) in [7, 11) is 0. The maximum Gasteiger partial charge on any atom is 0.364 e. The summed E-state index contributed by atoms with van der Waals surface area (Å²) in [5.74, 6) is -2.73. The highest BCUT2D eigenvalue weighted by Gasteiger charge is 2.06. The molecule has 0 fully saturated rings. The van der Waals surface area contributed by atoms with Crippen LogP contribution in [0.5, 0.6) is 0 Å². The van der Waals surface area contributed by atoms with E-state index in [-0.39, 0.29) is 0 Å². The predicted octanol–water partition coefficient (Wildman–Crippen LogP) is 3.15. The molecule has 1 N–H and O–H groups in total. The van der Waals surface area contributed by atoms with Crippen molar-refractivity contribution in [2.24, 2.45) is 0 Å². The van der Waals surface area contributed by atoms with Crippen molar-refractivity contribution in [3.63, 3.8) is 0 Å². The molecule has 1 aromatic carbocycles. The lowest BCUT2D eigenvalue weighted by molar-refractivity contribution is -0.134. The highest BCUT2D eigenvalue weighted by molar-refractivity contribution is 9.10. The number of aryl methyl sites for hydroxylation is 1. The Bertz CT molecular complexity index is 399. The number of carboxylic acids is 1. The third-order valence-electron chi connectivity index (χ3n) is 1.64. The summed E-state index contributed by atoms with van der Waals surface area (Å²) in [6, 6.07) is 5.23.